The molecule has 0 aromatic rings. The molecular formula is C14H26N2O3. The molecular weight excluding hydrogens is 244 g/mol. The first kappa shape index (κ1) is 14.6. The van der Waals surface area contributed by atoms with Crippen LogP contribution >= 0.6 is 0 Å². The predicted molar refractivity (Wildman–Crippen MR) is 73.2 cm³/mol. The Morgan fingerprint density at radius 1 is 1.32 bits per heavy atom. The molecule has 0 aromatic heterocycles. The molecule has 1 amide bonds. The highest BCUT2D eigenvalue weighted by atomic mass is 16.6. The fourth-order valence-electron chi connectivity index (χ4n) is 2.90. The molecule has 19 heavy (non-hydrogen) atoms. The molecule has 2 fully saturated rings. The summed E-state index contributed by atoms with van der Waals surface area (Å²) in [6.45, 7) is 8.15. The zero-order valence-electron chi connectivity index (χ0n) is 12.5. The smallest absolute Gasteiger partial charge is 0.410 e. The molecule has 2 aliphatic heterocycles. The summed E-state index contributed by atoms with van der Waals surface area (Å²) in [5.74, 6) is 0. The van der Waals surface area contributed by atoms with Crippen molar-refractivity contribution in [2.45, 2.75) is 57.3 Å². The number of carbonyl (C=O) groups is 1. The van der Waals surface area contributed by atoms with Crippen LogP contribution in [0.25, 0.3) is 0 Å². The van der Waals surface area contributed by atoms with E-state index in [1.165, 1.54) is 0 Å². The van der Waals surface area contributed by atoms with E-state index in [2.05, 4.69) is 5.32 Å². The SMILES string of the molecule is COC1CNC2(CCN(C(=O)OC(C)(C)C)CC2)C1. The van der Waals surface area contributed by atoms with Crippen molar-refractivity contribution in [1.82, 2.24) is 10.2 Å². The summed E-state index contributed by atoms with van der Waals surface area (Å²) in [7, 11) is 1.77. The average molecular weight is 270 g/mol. The van der Waals surface area contributed by atoms with Gasteiger partial charge in [-0.05, 0) is 40.0 Å². The maximum absolute atomic E-state index is 12.0. The average Bonchev–Trinajstić information content (AvgIpc) is 2.71. The zero-order chi connectivity index (χ0) is 14.1. The van der Waals surface area contributed by atoms with Crippen LogP contribution in [-0.2, 0) is 9.47 Å². The molecule has 2 rings (SSSR count). The van der Waals surface area contributed by atoms with Gasteiger partial charge in [0.2, 0.25) is 0 Å². The molecule has 2 heterocycles. The first-order chi connectivity index (χ1) is 8.84. The minimum absolute atomic E-state index is 0.166. The van der Waals surface area contributed by atoms with Gasteiger partial charge < -0.3 is 19.7 Å². The molecule has 5 nitrogen and oxygen atoms in total. The van der Waals surface area contributed by atoms with Crippen LogP contribution in [0.4, 0.5) is 4.79 Å². The third-order valence-corrected chi connectivity index (χ3v) is 4.03. The number of rotatable bonds is 1. The molecule has 1 unspecified atom stereocenters. The number of carbonyl (C=O) groups excluding carboxylic acids is 1. The van der Waals surface area contributed by atoms with Gasteiger partial charge in [-0.1, -0.05) is 0 Å². The largest absolute Gasteiger partial charge is 0.444 e. The van der Waals surface area contributed by atoms with Crippen molar-refractivity contribution in [1.29, 1.82) is 0 Å². The number of likely N-dealkylation sites (tertiary alicyclic amines) is 1. The van der Waals surface area contributed by atoms with Gasteiger partial charge in [0.15, 0.2) is 0 Å². The lowest BCUT2D eigenvalue weighted by Crippen LogP contribution is -2.52. The molecule has 110 valence electrons. The molecule has 1 spiro atoms. The van der Waals surface area contributed by atoms with E-state index in [0.29, 0.717) is 6.10 Å². The van der Waals surface area contributed by atoms with E-state index < -0.39 is 5.60 Å². The summed E-state index contributed by atoms with van der Waals surface area (Å²) in [5.41, 5.74) is -0.252. The van der Waals surface area contributed by atoms with Gasteiger partial charge in [-0.2, -0.15) is 0 Å². The molecule has 0 aliphatic carbocycles. The molecule has 0 bridgehead atoms. The summed E-state index contributed by atoms with van der Waals surface area (Å²) >= 11 is 0. The topological polar surface area (TPSA) is 50.8 Å². The second kappa shape index (κ2) is 5.29. The normalized spacial score (nSPS) is 26.7. The van der Waals surface area contributed by atoms with Gasteiger partial charge in [-0.15, -0.1) is 0 Å². The summed E-state index contributed by atoms with van der Waals surface area (Å²) in [5, 5.41) is 3.58. The van der Waals surface area contributed by atoms with Gasteiger partial charge in [0.25, 0.3) is 0 Å². The molecule has 2 aliphatic rings. The first-order valence-electron chi connectivity index (χ1n) is 7.09. The van der Waals surface area contributed by atoms with Crippen LogP contribution in [0.15, 0.2) is 0 Å². The number of ether oxygens (including phenoxy) is 2. The van der Waals surface area contributed by atoms with Crippen molar-refractivity contribution < 1.29 is 14.3 Å². The Morgan fingerprint density at radius 3 is 2.42 bits per heavy atom. The van der Waals surface area contributed by atoms with Crippen molar-refractivity contribution in [2.75, 3.05) is 26.7 Å². The van der Waals surface area contributed by atoms with Crippen LogP contribution in [0.1, 0.15) is 40.0 Å². The first-order valence-corrected chi connectivity index (χ1v) is 7.09. The van der Waals surface area contributed by atoms with Crippen LogP contribution < -0.4 is 5.32 Å². The van der Waals surface area contributed by atoms with E-state index in [0.717, 1.165) is 38.9 Å². The van der Waals surface area contributed by atoms with Gasteiger partial charge in [0.05, 0.1) is 6.10 Å². The van der Waals surface area contributed by atoms with Crippen LogP contribution in [0.5, 0.6) is 0 Å². The summed E-state index contributed by atoms with van der Waals surface area (Å²) in [4.78, 5) is 13.8. The quantitative estimate of drug-likeness (QED) is 0.789. The van der Waals surface area contributed by atoms with Crippen LogP contribution in [-0.4, -0.2) is 55.0 Å². The van der Waals surface area contributed by atoms with E-state index in [4.69, 9.17) is 9.47 Å². The van der Waals surface area contributed by atoms with Crippen LogP contribution in [0, 0.1) is 0 Å². The lowest BCUT2D eigenvalue weighted by Gasteiger charge is -2.39. The Morgan fingerprint density at radius 2 is 1.95 bits per heavy atom. The molecule has 0 saturated carbocycles. The minimum Gasteiger partial charge on any atom is -0.444 e. The Bertz CT molecular complexity index is 330. The summed E-state index contributed by atoms with van der Waals surface area (Å²) < 4.78 is 10.8. The van der Waals surface area contributed by atoms with Crippen LogP contribution in [0.3, 0.4) is 0 Å². The van der Waals surface area contributed by atoms with Crippen molar-refractivity contribution >= 4 is 6.09 Å². The third-order valence-electron chi connectivity index (χ3n) is 4.03. The molecule has 0 aromatic carbocycles. The highest BCUT2D eigenvalue weighted by molar-refractivity contribution is 5.68. The van der Waals surface area contributed by atoms with Crippen molar-refractivity contribution in [3.8, 4) is 0 Å². The van der Waals surface area contributed by atoms with Gasteiger partial charge in [0, 0.05) is 32.3 Å². The molecule has 5 heteroatoms. The Kier molecular flexibility index (Phi) is 4.06. The van der Waals surface area contributed by atoms with Gasteiger partial charge in [-0.25, -0.2) is 4.79 Å². The van der Waals surface area contributed by atoms with Crippen LogP contribution in [0.2, 0.25) is 0 Å². The summed E-state index contributed by atoms with van der Waals surface area (Å²) in [6, 6.07) is 0. The van der Waals surface area contributed by atoms with E-state index in [1.54, 1.807) is 7.11 Å². The third kappa shape index (κ3) is 3.60. The second-order valence-electron chi connectivity index (χ2n) is 6.69. The highest BCUT2D eigenvalue weighted by Gasteiger charge is 2.42. The van der Waals surface area contributed by atoms with Gasteiger partial charge in [0.1, 0.15) is 5.60 Å². The van der Waals surface area contributed by atoms with Gasteiger partial charge in [-0.3, -0.25) is 0 Å². The predicted octanol–water partition coefficient (Wildman–Crippen LogP) is 1.76. The Hall–Kier alpha value is -0.810. The number of nitrogens with zero attached hydrogens (tertiary/aromatic N) is 1. The number of amides is 1. The molecule has 1 N–H and O–H groups in total. The number of methoxy groups -OCH3 is 1. The Balaban J connectivity index is 1.84. The van der Waals surface area contributed by atoms with Crippen molar-refractivity contribution in [3.63, 3.8) is 0 Å². The maximum atomic E-state index is 12.0. The monoisotopic (exact) mass is 270 g/mol. The maximum Gasteiger partial charge on any atom is 0.410 e. The fourth-order valence-corrected chi connectivity index (χ4v) is 2.90. The summed E-state index contributed by atoms with van der Waals surface area (Å²) in [6.07, 6.45) is 3.13. The lowest BCUT2D eigenvalue weighted by atomic mass is 9.86. The van der Waals surface area contributed by atoms with E-state index >= 15 is 0 Å². The molecule has 1 atom stereocenters. The van der Waals surface area contributed by atoms with Gasteiger partial charge >= 0.3 is 6.09 Å². The Labute approximate surface area is 115 Å². The lowest BCUT2D eigenvalue weighted by molar-refractivity contribution is 0.0148. The fraction of sp³-hybridized carbons (Fsp3) is 0.929. The number of hydrogen-bond acceptors (Lipinski definition) is 4. The van der Waals surface area contributed by atoms with Crippen molar-refractivity contribution in [2.24, 2.45) is 0 Å². The minimum atomic E-state index is -0.418. The molecule has 2 saturated heterocycles. The second-order valence-corrected chi connectivity index (χ2v) is 6.69. The van der Waals surface area contributed by atoms with Crippen molar-refractivity contribution in [3.05, 3.63) is 0 Å². The number of piperidine rings is 1. The number of nitrogens with one attached hydrogen (secondary N) is 1. The zero-order valence-corrected chi connectivity index (χ0v) is 12.5. The van der Waals surface area contributed by atoms with E-state index in [1.807, 2.05) is 25.7 Å². The molecule has 0 radical (unpaired) electrons. The highest BCUT2D eigenvalue weighted by Crippen LogP contribution is 2.32. The van der Waals surface area contributed by atoms with E-state index in [9.17, 15) is 4.79 Å². The van der Waals surface area contributed by atoms with E-state index in [-0.39, 0.29) is 11.6 Å². The number of hydrogen-bond donors (Lipinski definition) is 1. The standard InChI is InChI=1S/C14H26N2O3/c1-13(2,3)19-12(17)16-7-5-14(6-8-16)9-11(18-4)10-15-14/h11,15H,5-10H2,1-4H3.